The highest BCUT2D eigenvalue weighted by atomic mass is 32.2. The maximum atomic E-state index is 14.0. The van der Waals surface area contributed by atoms with Crippen molar-refractivity contribution in [1.82, 2.24) is 4.72 Å². The molecule has 2 aliphatic heterocycles. The molecule has 2 aliphatic rings. The van der Waals surface area contributed by atoms with Crippen LogP contribution in [0.15, 0.2) is 29.2 Å². The van der Waals surface area contributed by atoms with Crippen LogP contribution in [-0.2, 0) is 108 Å². The molecule has 3 rings (SSSR count). The van der Waals surface area contributed by atoms with Gasteiger partial charge in [0.05, 0.1) is 4.90 Å². The van der Waals surface area contributed by atoms with Crippen molar-refractivity contribution in [2.24, 2.45) is 5.14 Å². The van der Waals surface area contributed by atoms with Crippen LogP contribution in [-0.4, -0.2) is 132 Å². The SMILES string of the molecule is CC(=O)OC[C@H]1O[C@@H](O[C@H]2[C@H](OC(C)=O)[C@@H](OC(C)=O)[C@H](S(=O)(=O)NCc3ccc(S(N)(=O)=O)cc3)O[C@@H]2COC(C)=O)[C@H](OC(C)=O)[C@@H](OC(C)=O)[C@H]1OC(C)=O. The average molecular weight is 869 g/mol. The summed E-state index contributed by atoms with van der Waals surface area (Å²) in [5, 5.41) is 5.13. The summed E-state index contributed by atoms with van der Waals surface area (Å²) in [7, 11) is -8.91. The number of hydrogen-bond acceptors (Lipinski definition) is 21. The molecule has 0 amide bonds. The Balaban J connectivity index is 2.17. The molecule has 23 nitrogen and oxygen atoms in total. The molecule has 324 valence electrons. The molecule has 3 N–H and O–H groups in total. The molecule has 1 aromatic rings. The van der Waals surface area contributed by atoms with Crippen molar-refractivity contribution in [3.63, 3.8) is 0 Å². The summed E-state index contributed by atoms with van der Waals surface area (Å²) in [6, 6.07) is 4.77. The zero-order chi connectivity index (χ0) is 43.7. The van der Waals surface area contributed by atoms with Gasteiger partial charge in [0.2, 0.25) is 25.5 Å². The number of nitrogens with one attached hydrogen (secondary N) is 1. The van der Waals surface area contributed by atoms with E-state index in [2.05, 4.69) is 4.72 Å². The van der Waals surface area contributed by atoms with E-state index in [-0.39, 0.29) is 10.5 Å². The molecule has 0 aliphatic carbocycles. The van der Waals surface area contributed by atoms with Crippen molar-refractivity contribution in [2.75, 3.05) is 13.2 Å². The number of primary sulfonamides is 1. The normalized spacial score (nSPS) is 27.2. The van der Waals surface area contributed by atoms with Crippen molar-refractivity contribution in [1.29, 1.82) is 0 Å². The van der Waals surface area contributed by atoms with Gasteiger partial charge in [0, 0.05) is 55.0 Å². The number of benzene rings is 1. The minimum atomic E-state index is -4.84. The Bertz CT molecular complexity index is 1920. The molecule has 2 saturated heterocycles. The Kier molecular flexibility index (Phi) is 16.6. The summed E-state index contributed by atoms with van der Waals surface area (Å²) in [4.78, 5) is 85.7. The van der Waals surface area contributed by atoms with Crippen LogP contribution in [0.5, 0.6) is 0 Å². The lowest BCUT2D eigenvalue weighted by molar-refractivity contribution is -0.341. The first-order chi connectivity index (χ1) is 26.9. The Morgan fingerprint density at radius 2 is 0.983 bits per heavy atom. The highest BCUT2D eigenvalue weighted by Gasteiger charge is 2.59. The van der Waals surface area contributed by atoms with Gasteiger partial charge in [0.1, 0.15) is 31.5 Å². The first-order valence-corrected chi connectivity index (χ1v) is 20.2. The molecular formula is C33H44N2O21S2. The lowest BCUT2D eigenvalue weighted by Crippen LogP contribution is -2.68. The third-order valence-corrected chi connectivity index (χ3v) is 10.4. The standard InChI is InChI=1S/C33H44N2O21S2/c1-15(36)47-13-24-26(49-17(3)38)28(50-18(4)39)30(52-20(6)41)32(54-24)56-27-25(14-48-16(2)37)55-33(31(53-21(7)42)29(27)51-19(5)40)58(45,46)35-12-22-8-10-23(11-9-22)57(34,43)44/h8-11,24-33,35H,12-14H2,1-7H3,(H2,34,43,44)/t24-,25-,26+,27-,28+,29+,30-,31-,32+,33+/m1/s1. The van der Waals surface area contributed by atoms with Crippen molar-refractivity contribution < 1.29 is 97.8 Å². The zero-order valence-corrected chi connectivity index (χ0v) is 33.8. The first kappa shape index (κ1) is 47.6. The van der Waals surface area contributed by atoms with Crippen LogP contribution < -0.4 is 9.86 Å². The first-order valence-electron chi connectivity index (χ1n) is 17.1. The van der Waals surface area contributed by atoms with Gasteiger partial charge in [-0.3, -0.25) is 33.6 Å². The summed E-state index contributed by atoms with van der Waals surface area (Å²) in [5.41, 5.74) is -2.02. The maximum absolute atomic E-state index is 14.0. The summed E-state index contributed by atoms with van der Waals surface area (Å²) in [6.45, 7) is 4.80. The molecule has 0 spiro atoms. The van der Waals surface area contributed by atoms with E-state index in [4.69, 9.17) is 52.5 Å². The van der Waals surface area contributed by atoms with Gasteiger partial charge in [-0.2, -0.15) is 0 Å². The van der Waals surface area contributed by atoms with Gasteiger partial charge in [0.25, 0.3) is 0 Å². The van der Waals surface area contributed by atoms with Crippen LogP contribution in [0.2, 0.25) is 0 Å². The van der Waals surface area contributed by atoms with Crippen LogP contribution in [0.3, 0.4) is 0 Å². The van der Waals surface area contributed by atoms with Crippen LogP contribution in [0.1, 0.15) is 54.0 Å². The largest absolute Gasteiger partial charge is 0.463 e. The minimum Gasteiger partial charge on any atom is -0.463 e. The molecule has 0 aromatic heterocycles. The van der Waals surface area contributed by atoms with Crippen molar-refractivity contribution in [3.05, 3.63) is 29.8 Å². The third-order valence-electron chi connectivity index (χ3n) is 7.92. The maximum Gasteiger partial charge on any atom is 0.303 e. The summed E-state index contributed by atoms with van der Waals surface area (Å²) in [5.74, 6) is -6.83. The number of nitrogens with two attached hydrogens (primary N) is 1. The van der Waals surface area contributed by atoms with Gasteiger partial charge >= 0.3 is 41.8 Å². The average Bonchev–Trinajstić information content (AvgIpc) is 3.08. The van der Waals surface area contributed by atoms with Crippen LogP contribution in [0.4, 0.5) is 0 Å². The highest BCUT2D eigenvalue weighted by Crippen LogP contribution is 2.36. The second-order valence-electron chi connectivity index (χ2n) is 12.7. The fourth-order valence-corrected chi connectivity index (χ4v) is 7.69. The number of sulfonamides is 2. The number of carbonyl (C=O) groups excluding carboxylic acids is 7. The Labute approximate surface area is 332 Å². The van der Waals surface area contributed by atoms with E-state index in [1.165, 1.54) is 12.1 Å². The quantitative estimate of drug-likeness (QED) is 0.139. The van der Waals surface area contributed by atoms with Crippen molar-refractivity contribution in [2.45, 2.75) is 120 Å². The number of rotatable bonds is 16. The molecule has 1 aromatic carbocycles. The smallest absolute Gasteiger partial charge is 0.303 e. The van der Waals surface area contributed by atoms with Gasteiger partial charge in [0.15, 0.2) is 36.8 Å². The fourth-order valence-electron chi connectivity index (χ4n) is 5.79. The number of carbonyl (C=O) groups is 7. The number of esters is 7. The van der Waals surface area contributed by atoms with Crippen LogP contribution in [0, 0.1) is 0 Å². The minimum absolute atomic E-state index is 0.230. The van der Waals surface area contributed by atoms with Gasteiger partial charge in [-0.1, -0.05) is 12.1 Å². The van der Waals surface area contributed by atoms with E-state index in [1.54, 1.807) is 0 Å². The molecule has 0 radical (unpaired) electrons. The zero-order valence-electron chi connectivity index (χ0n) is 32.2. The number of hydrogen-bond donors (Lipinski definition) is 2. The third kappa shape index (κ3) is 13.7. The second-order valence-corrected chi connectivity index (χ2v) is 16.1. The predicted octanol–water partition coefficient (Wildman–Crippen LogP) is -1.63. The van der Waals surface area contributed by atoms with E-state index in [0.29, 0.717) is 0 Å². The van der Waals surface area contributed by atoms with E-state index >= 15 is 0 Å². The Morgan fingerprint density at radius 1 is 0.569 bits per heavy atom. The molecule has 10 atom stereocenters. The van der Waals surface area contributed by atoms with Crippen LogP contribution in [0.25, 0.3) is 0 Å². The van der Waals surface area contributed by atoms with Gasteiger partial charge < -0.3 is 47.4 Å². The molecule has 2 fully saturated rings. The molecule has 2 heterocycles. The number of ether oxygens (including phenoxy) is 10. The summed E-state index contributed by atoms with van der Waals surface area (Å²) >= 11 is 0. The predicted molar refractivity (Wildman–Crippen MR) is 187 cm³/mol. The van der Waals surface area contributed by atoms with E-state index in [0.717, 1.165) is 60.6 Å². The molecule has 58 heavy (non-hydrogen) atoms. The second kappa shape index (κ2) is 20.3. The fraction of sp³-hybridized carbons (Fsp3) is 0.606. The summed E-state index contributed by atoms with van der Waals surface area (Å²) in [6.07, 6.45) is -16.4. The molecule has 0 saturated carbocycles. The van der Waals surface area contributed by atoms with E-state index in [9.17, 15) is 50.4 Å². The molecular weight excluding hydrogens is 824 g/mol. The van der Waals surface area contributed by atoms with Crippen molar-refractivity contribution in [3.8, 4) is 0 Å². The summed E-state index contributed by atoms with van der Waals surface area (Å²) < 4.78 is 109. The lowest BCUT2D eigenvalue weighted by atomic mass is 9.96. The Hall–Kier alpha value is -4.79. The molecule has 0 unspecified atom stereocenters. The lowest BCUT2D eigenvalue weighted by Gasteiger charge is -2.48. The van der Waals surface area contributed by atoms with Gasteiger partial charge in [-0.25, -0.2) is 26.7 Å². The topological polar surface area (TPSA) is 318 Å². The molecule has 0 bridgehead atoms. The highest BCUT2D eigenvalue weighted by molar-refractivity contribution is 7.90. The van der Waals surface area contributed by atoms with E-state index < -0.39 is 142 Å². The monoisotopic (exact) mass is 868 g/mol. The van der Waals surface area contributed by atoms with E-state index in [1.807, 2.05) is 0 Å². The van der Waals surface area contributed by atoms with Crippen LogP contribution >= 0.6 is 0 Å². The van der Waals surface area contributed by atoms with Gasteiger partial charge in [-0.15, -0.1) is 0 Å². The Morgan fingerprint density at radius 3 is 1.43 bits per heavy atom. The van der Waals surface area contributed by atoms with Gasteiger partial charge in [-0.05, 0) is 17.7 Å². The van der Waals surface area contributed by atoms with Crippen molar-refractivity contribution >= 4 is 61.8 Å². The molecule has 25 heteroatoms.